The molecule has 1 saturated carbocycles. The van der Waals surface area contributed by atoms with E-state index in [1.54, 1.807) is 0 Å². The summed E-state index contributed by atoms with van der Waals surface area (Å²) in [5.41, 5.74) is 1.72. The molecule has 17 heavy (non-hydrogen) atoms. The van der Waals surface area contributed by atoms with Crippen LogP contribution in [0.2, 0.25) is 0 Å². The summed E-state index contributed by atoms with van der Waals surface area (Å²) in [6, 6.07) is 7.94. The van der Waals surface area contributed by atoms with Gasteiger partial charge in [0.15, 0.2) is 0 Å². The summed E-state index contributed by atoms with van der Waals surface area (Å²) in [5, 5.41) is 0. The molecule has 0 spiro atoms. The van der Waals surface area contributed by atoms with Crippen LogP contribution in [0.1, 0.15) is 48.0 Å². The zero-order valence-electron chi connectivity index (χ0n) is 10.5. The molecule has 1 fully saturated rings. The SMILES string of the molecule is [CH2]c1ccc(C(=O)N(C)C2CCCCC2)cc1. The molecule has 2 nitrogen and oxygen atoms in total. The first-order chi connectivity index (χ1) is 8.18. The van der Waals surface area contributed by atoms with Crippen LogP contribution in [0.3, 0.4) is 0 Å². The number of hydrogen-bond donors (Lipinski definition) is 0. The van der Waals surface area contributed by atoms with Crippen molar-refractivity contribution in [1.29, 1.82) is 0 Å². The Hall–Kier alpha value is -1.31. The Kier molecular flexibility index (Phi) is 3.82. The van der Waals surface area contributed by atoms with Crippen molar-refractivity contribution in [2.24, 2.45) is 0 Å². The predicted molar refractivity (Wildman–Crippen MR) is 69.9 cm³/mol. The van der Waals surface area contributed by atoms with E-state index in [4.69, 9.17) is 0 Å². The minimum Gasteiger partial charge on any atom is -0.339 e. The second kappa shape index (κ2) is 5.35. The Morgan fingerprint density at radius 2 is 1.76 bits per heavy atom. The van der Waals surface area contributed by atoms with Crippen LogP contribution in [-0.4, -0.2) is 23.9 Å². The van der Waals surface area contributed by atoms with Crippen LogP contribution in [0.5, 0.6) is 0 Å². The first kappa shape index (κ1) is 12.2. The molecule has 0 aliphatic heterocycles. The number of carbonyl (C=O) groups excluding carboxylic acids is 1. The summed E-state index contributed by atoms with van der Waals surface area (Å²) in [6.07, 6.45) is 6.11. The van der Waals surface area contributed by atoms with Gasteiger partial charge < -0.3 is 4.90 Å². The molecule has 0 saturated heterocycles. The molecule has 2 heteroatoms. The van der Waals surface area contributed by atoms with Crippen LogP contribution in [-0.2, 0) is 0 Å². The van der Waals surface area contributed by atoms with Crippen molar-refractivity contribution < 1.29 is 4.79 Å². The quantitative estimate of drug-likeness (QED) is 0.763. The predicted octanol–water partition coefficient (Wildman–Crippen LogP) is 3.27. The van der Waals surface area contributed by atoms with Crippen molar-refractivity contribution in [1.82, 2.24) is 4.90 Å². The molecule has 0 bridgehead atoms. The van der Waals surface area contributed by atoms with Crippen molar-refractivity contribution in [3.8, 4) is 0 Å². The van der Waals surface area contributed by atoms with Gasteiger partial charge in [0.2, 0.25) is 0 Å². The molecule has 1 amide bonds. The molecule has 0 atom stereocenters. The third-order valence-electron chi connectivity index (χ3n) is 3.64. The lowest BCUT2D eigenvalue weighted by molar-refractivity contribution is 0.0696. The van der Waals surface area contributed by atoms with E-state index in [9.17, 15) is 4.79 Å². The molecule has 1 aromatic carbocycles. The minimum absolute atomic E-state index is 0.136. The van der Waals surface area contributed by atoms with Gasteiger partial charge in [0.1, 0.15) is 0 Å². The van der Waals surface area contributed by atoms with Crippen molar-refractivity contribution in [3.05, 3.63) is 42.3 Å². The monoisotopic (exact) mass is 230 g/mol. The van der Waals surface area contributed by atoms with Crippen molar-refractivity contribution in [3.63, 3.8) is 0 Å². The fourth-order valence-corrected chi connectivity index (χ4v) is 2.49. The Bertz CT molecular complexity index is 376. The second-order valence-corrected chi connectivity index (χ2v) is 4.90. The van der Waals surface area contributed by atoms with Crippen LogP contribution in [0.4, 0.5) is 0 Å². The van der Waals surface area contributed by atoms with Gasteiger partial charge in [-0.15, -0.1) is 0 Å². The smallest absolute Gasteiger partial charge is 0.253 e. The van der Waals surface area contributed by atoms with E-state index in [-0.39, 0.29) is 5.91 Å². The van der Waals surface area contributed by atoms with Crippen LogP contribution in [0.25, 0.3) is 0 Å². The van der Waals surface area contributed by atoms with Gasteiger partial charge >= 0.3 is 0 Å². The Morgan fingerprint density at radius 3 is 2.35 bits per heavy atom. The molecule has 1 radical (unpaired) electrons. The van der Waals surface area contributed by atoms with Gasteiger partial charge in [0, 0.05) is 18.7 Å². The number of rotatable bonds is 2. The molecule has 0 aromatic heterocycles. The van der Waals surface area contributed by atoms with E-state index in [0.717, 1.165) is 24.0 Å². The fourth-order valence-electron chi connectivity index (χ4n) is 2.49. The van der Waals surface area contributed by atoms with E-state index >= 15 is 0 Å². The summed E-state index contributed by atoms with van der Waals surface area (Å²) < 4.78 is 0. The van der Waals surface area contributed by atoms with Gasteiger partial charge in [0.25, 0.3) is 5.91 Å². The molecule has 1 aromatic rings. The summed E-state index contributed by atoms with van der Waals surface area (Å²) in [5.74, 6) is 0.136. The fraction of sp³-hybridized carbons (Fsp3) is 0.467. The third kappa shape index (κ3) is 2.87. The maximum absolute atomic E-state index is 12.3. The lowest BCUT2D eigenvalue weighted by atomic mass is 9.94. The molecule has 0 heterocycles. The molecule has 2 rings (SSSR count). The summed E-state index contributed by atoms with van der Waals surface area (Å²) in [7, 11) is 1.93. The molecular weight excluding hydrogens is 210 g/mol. The summed E-state index contributed by atoms with van der Waals surface area (Å²) in [4.78, 5) is 14.2. The lowest BCUT2D eigenvalue weighted by Gasteiger charge is -2.31. The van der Waals surface area contributed by atoms with Crippen LogP contribution in [0.15, 0.2) is 24.3 Å². The topological polar surface area (TPSA) is 20.3 Å². The Balaban J connectivity index is 2.05. The maximum atomic E-state index is 12.3. The zero-order chi connectivity index (χ0) is 12.3. The maximum Gasteiger partial charge on any atom is 0.253 e. The lowest BCUT2D eigenvalue weighted by Crippen LogP contribution is -2.38. The first-order valence-electron chi connectivity index (χ1n) is 6.37. The van der Waals surface area contributed by atoms with Crippen LogP contribution >= 0.6 is 0 Å². The third-order valence-corrected chi connectivity index (χ3v) is 3.64. The molecule has 1 aliphatic carbocycles. The van der Waals surface area contributed by atoms with Crippen molar-refractivity contribution >= 4 is 5.91 Å². The number of nitrogens with zero attached hydrogens (tertiary/aromatic N) is 1. The van der Waals surface area contributed by atoms with Crippen LogP contribution < -0.4 is 0 Å². The molecule has 91 valence electrons. The highest BCUT2D eigenvalue weighted by Gasteiger charge is 2.22. The van der Waals surface area contributed by atoms with Crippen molar-refractivity contribution in [2.75, 3.05) is 7.05 Å². The number of benzene rings is 1. The molecule has 0 unspecified atom stereocenters. The Labute approximate surface area is 104 Å². The van der Waals surface area contributed by atoms with E-state index in [0.29, 0.717) is 6.04 Å². The summed E-state index contributed by atoms with van der Waals surface area (Å²) >= 11 is 0. The standard InChI is InChI=1S/C15H20NO/c1-12-8-10-13(11-9-12)15(17)16(2)14-6-4-3-5-7-14/h8-11,14H,1,3-7H2,2H3. The van der Waals surface area contributed by atoms with Gasteiger partial charge in [0.05, 0.1) is 0 Å². The number of hydrogen-bond acceptors (Lipinski definition) is 1. The van der Waals surface area contributed by atoms with Gasteiger partial charge in [-0.05, 0) is 37.5 Å². The number of amides is 1. The van der Waals surface area contributed by atoms with Gasteiger partial charge in [-0.3, -0.25) is 4.79 Å². The highest BCUT2D eigenvalue weighted by atomic mass is 16.2. The van der Waals surface area contributed by atoms with E-state index < -0.39 is 0 Å². The Morgan fingerprint density at radius 1 is 1.18 bits per heavy atom. The minimum atomic E-state index is 0.136. The van der Waals surface area contributed by atoms with Gasteiger partial charge in [-0.2, -0.15) is 0 Å². The van der Waals surface area contributed by atoms with E-state index in [1.807, 2.05) is 36.2 Å². The molecule has 0 N–H and O–H groups in total. The number of carbonyl (C=O) groups is 1. The van der Waals surface area contributed by atoms with Crippen molar-refractivity contribution in [2.45, 2.75) is 38.1 Å². The highest BCUT2D eigenvalue weighted by Crippen LogP contribution is 2.22. The molecular formula is C15H20NO. The second-order valence-electron chi connectivity index (χ2n) is 4.90. The van der Waals surface area contributed by atoms with Gasteiger partial charge in [-0.25, -0.2) is 0 Å². The normalized spacial score (nSPS) is 16.8. The first-order valence-corrected chi connectivity index (χ1v) is 6.37. The average Bonchev–Trinajstić information content (AvgIpc) is 2.39. The van der Waals surface area contributed by atoms with Gasteiger partial charge in [-0.1, -0.05) is 31.4 Å². The largest absolute Gasteiger partial charge is 0.339 e. The van der Waals surface area contributed by atoms with Crippen LogP contribution in [0, 0.1) is 6.92 Å². The average molecular weight is 230 g/mol. The zero-order valence-corrected chi connectivity index (χ0v) is 10.5. The van der Waals surface area contributed by atoms with E-state index in [1.165, 1.54) is 19.3 Å². The summed E-state index contributed by atoms with van der Waals surface area (Å²) in [6.45, 7) is 3.83. The molecule has 1 aliphatic rings. The van der Waals surface area contributed by atoms with E-state index in [2.05, 4.69) is 6.92 Å². The highest BCUT2D eigenvalue weighted by molar-refractivity contribution is 5.94.